The first-order valence-corrected chi connectivity index (χ1v) is 6.84. The predicted molar refractivity (Wildman–Crippen MR) is 75.6 cm³/mol. The van der Waals surface area contributed by atoms with E-state index in [0.717, 1.165) is 11.1 Å². The van der Waals surface area contributed by atoms with Crippen LogP contribution in [0, 0.1) is 0 Å². The molecule has 1 heterocycles. The maximum absolute atomic E-state index is 10.9. The van der Waals surface area contributed by atoms with Crippen molar-refractivity contribution in [1.82, 2.24) is 0 Å². The van der Waals surface area contributed by atoms with Gasteiger partial charge in [-0.1, -0.05) is 38.1 Å². The Morgan fingerprint density at radius 3 is 2.40 bits per heavy atom. The molecule has 0 radical (unpaired) electrons. The van der Waals surface area contributed by atoms with Crippen molar-refractivity contribution in [3.8, 4) is 0 Å². The van der Waals surface area contributed by atoms with E-state index >= 15 is 0 Å². The maximum atomic E-state index is 10.9. The van der Waals surface area contributed by atoms with Gasteiger partial charge >= 0.3 is 5.97 Å². The standard InChI is InChI=1S/C16H22O4/c1-15(2,9-14(17)18)12-7-5-11(6-8-12)13-10-19-16(3,4)20-13/h5-8,13H,9-10H2,1-4H3,(H,17,18). The molecule has 0 amide bonds. The molecule has 1 saturated heterocycles. The number of hydrogen-bond donors (Lipinski definition) is 1. The summed E-state index contributed by atoms with van der Waals surface area (Å²) < 4.78 is 11.4. The van der Waals surface area contributed by atoms with Gasteiger partial charge in [0.2, 0.25) is 0 Å². The third-order valence-corrected chi connectivity index (χ3v) is 3.67. The number of carboxylic acids is 1. The van der Waals surface area contributed by atoms with Gasteiger partial charge in [0, 0.05) is 5.41 Å². The van der Waals surface area contributed by atoms with Gasteiger partial charge in [-0.3, -0.25) is 4.79 Å². The number of benzene rings is 1. The molecule has 2 rings (SSSR count). The lowest BCUT2D eigenvalue weighted by molar-refractivity contribution is -0.139. The molecule has 0 bridgehead atoms. The van der Waals surface area contributed by atoms with Gasteiger partial charge in [-0.05, 0) is 25.0 Å². The largest absolute Gasteiger partial charge is 0.481 e. The first-order chi connectivity index (χ1) is 9.20. The molecule has 1 atom stereocenters. The number of rotatable bonds is 4. The molecule has 4 heteroatoms. The van der Waals surface area contributed by atoms with Crippen LogP contribution in [-0.4, -0.2) is 23.5 Å². The Bertz CT molecular complexity index is 488. The summed E-state index contributed by atoms with van der Waals surface area (Å²) in [7, 11) is 0. The highest BCUT2D eigenvalue weighted by molar-refractivity contribution is 5.68. The van der Waals surface area contributed by atoms with E-state index in [0.29, 0.717) is 6.61 Å². The molecule has 1 aromatic rings. The van der Waals surface area contributed by atoms with E-state index in [1.54, 1.807) is 0 Å². The van der Waals surface area contributed by atoms with Crippen LogP contribution in [0.2, 0.25) is 0 Å². The van der Waals surface area contributed by atoms with Crippen LogP contribution >= 0.6 is 0 Å². The second-order valence-electron chi connectivity index (χ2n) is 6.39. The zero-order valence-electron chi connectivity index (χ0n) is 12.5. The molecule has 0 aromatic heterocycles. The van der Waals surface area contributed by atoms with Crippen molar-refractivity contribution < 1.29 is 19.4 Å². The summed E-state index contributed by atoms with van der Waals surface area (Å²) >= 11 is 0. The van der Waals surface area contributed by atoms with E-state index in [2.05, 4.69) is 0 Å². The van der Waals surface area contributed by atoms with Gasteiger partial charge in [0.05, 0.1) is 13.0 Å². The van der Waals surface area contributed by atoms with Crippen molar-refractivity contribution in [2.45, 2.75) is 51.4 Å². The molecule has 0 saturated carbocycles. The highest BCUT2D eigenvalue weighted by Crippen LogP contribution is 2.34. The lowest BCUT2D eigenvalue weighted by Crippen LogP contribution is -2.21. The van der Waals surface area contributed by atoms with Crippen molar-refractivity contribution in [3.63, 3.8) is 0 Å². The summed E-state index contributed by atoms with van der Waals surface area (Å²) in [5.74, 6) is -1.32. The molecule has 110 valence electrons. The van der Waals surface area contributed by atoms with Crippen LogP contribution < -0.4 is 0 Å². The van der Waals surface area contributed by atoms with Crippen molar-refractivity contribution in [2.24, 2.45) is 0 Å². The average Bonchev–Trinajstić information content (AvgIpc) is 2.68. The van der Waals surface area contributed by atoms with Crippen molar-refractivity contribution in [1.29, 1.82) is 0 Å². The second kappa shape index (κ2) is 5.19. The average molecular weight is 278 g/mol. The summed E-state index contributed by atoms with van der Waals surface area (Å²) in [6.45, 7) is 8.22. The molecule has 1 N–H and O–H groups in total. The van der Waals surface area contributed by atoms with Crippen LogP contribution in [0.15, 0.2) is 24.3 Å². The van der Waals surface area contributed by atoms with Gasteiger partial charge in [0.1, 0.15) is 6.10 Å². The number of aliphatic carboxylic acids is 1. The molecular formula is C16H22O4. The summed E-state index contributed by atoms with van der Waals surface area (Å²) in [6, 6.07) is 7.95. The van der Waals surface area contributed by atoms with E-state index in [-0.39, 0.29) is 17.9 Å². The Kier molecular flexibility index (Phi) is 3.89. The van der Waals surface area contributed by atoms with Crippen LogP contribution in [0.1, 0.15) is 51.3 Å². The van der Waals surface area contributed by atoms with Crippen LogP contribution in [0.3, 0.4) is 0 Å². The SMILES string of the molecule is CC1(C)OCC(c2ccc(C(C)(C)CC(=O)O)cc2)O1. The van der Waals surface area contributed by atoms with Crippen LogP contribution in [0.25, 0.3) is 0 Å². The highest BCUT2D eigenvalue weighted by atomic mass is 16.7. The van der Waals surface area contributed by atoms with Gasteiger partial charge in [-0.25, -0.2) is 0 Å². The van der Waals surface area contributed by atoms with E-state index in [4.69, 9.17) is 14.6 Å². The minimum atomic E-state index is -0.784. The fourth-order valence-electron chi connectivity index (χ4n) is 2.48. The van der Waals surface area contributed by atoms with E-state index in [1.807, 2.05) is 52.0 Å². The van der Waals surface area contributed by atoms with Crippen molar-refractivity contribution >= 4 is 5.97 Å². The first kappa shape index (κ1) is 15.0. The predicted octanol–water partition coefficient (Wildman–Crippen LogP) is 3.26. The minimum absolute atomic E-state index is 0.0540. The number of hydrogen-bond acceptors (Lipinski definition) is 3. The lowest BCUT2D eigenvalue weighted by Gasteiger charge is -2.24. The minimum Gasteiger partial charge on any atom is -0.481 e. The summed E-state index contributed by atoms with van der Waals surface area (Å²) in [6.07, 6.45) is 0.0595. The van der Waals surface area contributed by atoms with Crippen molar-refractivity contribution in [3.05, 3.63) is 35.4 Å². The third kappa shape index (κ3) is 3.38. The Labute approximate surface area is 119 Å². The summed E-state index contributed by atoms with van der Waals surface area (Å²) in [5, 5.41) is 8.96. The smallest absolute Gasteiger partial charge is 0.304 e. The third-order valence-electron chi connectivity index (χ3n) is 3.67. The molecule has 4 nitrogen and oxygen atoms in total. The molecule has 1 fully saturated rings. The van der Waals surface area contributed by atoms with Gasteiger partial charge in [-0.15, -0.1) is 0 Å². The van der Waals surface area contributed by atoms with Crippen molar-refractivity contribution in [2.75, 3.05) is 6.61 Å². The first-order valence-electron chi connectivity index (χ1n) is 6.84. The second-order valence-corrected chi connectivity index (χ2v) is 6.39. The van der Waals surface area contributed by atoms with Gasteiger partial charge < -0.3 is 14.6 Å². The Morgan fingerprint density at radius 1 is 1.35 bits per heavy atom. The van der Waals surface area contributed by atoms with Crippen LogP contribution in [-0.2, 0) is 19.7 Å². The Balaban J connectivity index is 2.13. The zero-order chi connectivity index (χ0) is 15.0. The van der Waals surface area contributed by atoms with E-state index in [1.165, 1.54) is 0 Å². The fourth-order valence-corrected chi connectivity index (χ4v) is 2.48. The molecular weight excluding hydrogens is 256 g/mol. The molecule has 0 spiro atoms. The lowest BCUT2D eigenvalue weighted by atomic mass is 9.81. The fraction of sp³-hybridized carbons (Fsp3) is 0.562. The van der Waals surface area contributed by atoms with Crippen LogP contribution in [0.5, 0.6) is 0 Å². The Morgan fingerprint density at radius 2 is 1.95 bits per heavy atom. The van der Waals surface area contributed by atoms with E-state index < -0.39 is 11.8 Å². The van der Waals surface area contributed by atoms with Crippen LogP contribution in [0.4, 0.5) is 0 Å². The zero-order valence-corrected chi connectivity index (χ0v) is 12.5. The molecule has 1 unspecified atom stereocenters. The number of carboxylic acid groups (broad SMARTS) is 1. The molecule has 0 aliphatic carbocycles. The highest BCUT2D eigenvalue weighted by Gasteiger charge is 2.33. The number of carbonyl (C=O) groups is 1. The van der Waals surface area contributed by atoms with Gasteiger partial charge in [-0.2, -0.15) is 0 Å². The topological polar surface area (TPSA) is 55.8 Å². The number of ether oxygens (including phenoxy) is 2. The van der Waals surface area contributed by atoms with Gasteiger partial charge in [0.25, 0.3) is 0 Å². The maximum Gasteiger partial charge on any atom is 0.304 e. The molecule has 1 aliphatic heterocycles. The Hall–Kier alpha value is -1.39. The molecule has 1 aliphatic rings. The summed E-state index contributed by atoms with van der Waals surface area (Å²) in [4.78, 5) is 10.9. The molecule has 20 heavy (non-hydrogen) atoms. The monoisotopic (exact) mass is 278 g/mol. The normalized spacial score (nSPS) is 21.9. The molecule has 1 aromatic carbocycles. The van der Waals surface area contributed by atoms with Gasteiger partial charge in [0.15, 0.2) is 5.79 Å². The summed E-state index contributed by atoms with van der Waals surface area (Å²) in [5.41, 5.74) is 1.70. The van der Waals surface area contributed by atoms with E-state index in [9.17, 15) is 4.79 Å². The quantitative estimate of drug-likeness (QED) is 0.918.